The van der Waals surface area contributed by atoms with Gasteiger partial charge in [0.05, 0.1) is 5.75 Å². The second-order valence-corrected chi connectivity index (χ2v) is 6.74. The van der Waals surface area contributed by atoms with Crippen molar-refractivity contribution < 1.29 is 9.18 Å². The minimum absolute atomic E-state index is 0.0118. The lowest BCUT2D eigenvalue weighted by molar-refractivity contribution is -0.127. The summed E-state index contributed by atoms with van der Waals surface area (Å²) in [5.74, 6) is 0.903. The van der Waals surface area contributed by atoms with E-state index in [2.05, 4.69) is 14.8 Å². The third kappa shape index (κ3) is 3.90. The van der Waals surface area contributed by atoms with Crippen molar-refractivity contribution in [1.29, 1.82) is 0 Å². The van der Waals surface area contributed by atoms with Gasteiger partial charge in [-0.05, 0) is 37.5 Å². The molecule has 0 atom stereocenters. The van der Waals surface area contributed by atoms with Gasteiger partial charge in [0.25, 0.3) is 0 Å². The van der Waals surface area contributed by atoms with Crippen LogP contribution < -0.4 is 0 Å². The summed E-state index contributed by atoms with van der Waals surface area (Å²) in [6.45, 7) is 2.33. The number of carbonyl (C=O) groups excluding carboxylic acids is 1. The largest absolute Gasteiger partial charge is 0.341 e. The Kier molecular flexibility index (Phi) is 4.66. The maximum absolute atomic E-state index is 13.2. The van der Waals surface area contributed by atoms with Gasteiger partial charge >= 0.3 is 0 Å². The van der Waals surface area contributed by atoms with E-state index in [9.17, 15) is 9.18 Å². The van der Waals surface area contributed by atoms with Crippen LogP contribution >= 0.6 is 11.8 Å². The van der Waals surface area contributed by atoms with Crippen LogP contribution in [0.15, 0.2) is 29.4 Å². The van der Waals surface area contributed by atoms with Gasteiger partial charge < -0.3 is 9.47 Å². The lowest BCUT2D eigenvalue weighted by Gasteiger charge is -2.17. The molecule has 3 rings (SSSR count). The Bertz CT molecular complexity index is 714. The predicted molar refractivity (Wildman–Crippen MR) is 86.6 cm³/mol. The molecule has 0 unspecified atom stereocenters. The maximum atomic E-state index is 13.2. The van der Waals surface area contributed by atoms with Gasteiger partial charge in [-0.1, -0.05) is 23.9 Å². The molecule has 1 heterocycles. The number of benzene rings is 1. The molecule has 122 valence electrons. The van der Waals surface area contributed by atoms with Crippen LogP contribution in [-0.4, -0.2) is 38.4 Å². The van der Waals surface area contributed by atoms with Gasteiger partial charge in [-0.15, -0.1) is 10.2 Å². The van der Waals surface area contributed by atoms with Crippen LogP contribution in [0.25, 0.3) is 0 Å². The second kappa shape index (κ2) is 6.70. The monoisotopic (exact) mass is 334 g/mol. The lowest BCUT2D eigenvalue weighted by atomic mass is 10.2. The van der Waals surface area contributed by atoms with E-state index < -0.39 is 0 Å². The summed E-state index contributed by atoms with van der Waals surface area (Å²) in [4.78, 5) is 13.9. The summed E-state index contributed by atoms with van der Waals surface area (Å²) >= 11 is 1.41. The third-order valence-electron chi connectivity index (χ3n) is 3.81. The zero-order valence-corrected chi connectivity index (χ0v) is 14.0. The zero-order valence-electron chi connectivity index (χ0n) is 13.2. The van der Waals surface area contributed by atoms with Crippen LogP contribution in [0.5, 0.6) is 0 Å². The number of hydrogen-bond acceptors (Lipinski definition) is 4. The molecule has 0 radical (unpaired) electrons. The molecule has 0 spiro atoms. The third-order valence-corrected chi connectivity index (χ3v) is 4.73. The average Bonchev–Trinajstić information content (AvgIpc) is 3.28. The Morgan fingerprint density at radius 2 is 2.22 bits per heavy atom. The van der Waals surface area contributed by atoms with Gasteiger partial charge in [0, 0.05) is 19.6 Å². The molecule has 2 aromatic rings. The summed E-state index contributed by atoms with van der Waals surface area (Å²) in [6, 6.07) is 6.80. The van der Waals surface area contributed by atoms with E-state index >= 15 is 0 Å². The molecule has 0 aliphatic heterocycles. The second-order valence-electron chi connectivity index (χ2n) is 5.80. The number of hydrogen-bond donors (Lipinski definition) is 0. The molecule has 1 aliphatic carbocycles. The highest BCUT2D eigenvalue weighted by molar-refractivity contribution is 7.99. The van der Waals surface area contributed by atoms with Crippen molar-refractivity contribution in [3.63, 3.8) is 0 Å². The first-order valence-electron chi connectivity index (χ1n) is 7.57. The van der Waals surface area contributed by atoms with E-state index in [1.165, 1.54) is 23.9 Å². The number of halogens is 1. The first kappa shape index (κ1) is 16.0. The van der Waals surface area contributed by atoms with Gasteiger partial charge in [-0.25, -0.2) is 4.39 Å². The van der Waals surface area contributed by atoms with Gasteiger partial charge in [0.15, 0.2) is 5.16 Å². The van der Waals surface area contributed by atoms with Crippen molar-refractivity contribution in [2.24, 2.45) is 0 Å². The van der Waals surface area contributed by atoms with Gasteiger partial charge in [-0.3, -0.25) is 4.79 Å². The molecule has 0 bridgehead atoms. The number of carbonyl (C=O) groups is 1. The van der Waals surface area contributed by atoms with Gasteiger partial charge in [-0.2, -0.15) is 0 Å². The first-order valence-corrected chi connectivity index (χ1v) is 8.56. The minimum atomic E-state index is -0.286. The van der Waals surface area contributed by atoms with E-state index in [4.69, 9.17) is 0 Å². The molecule has 1 fully saturated rings. The predicted octanol–water partition coefficient (Wildman–Crippen LogP) is 2.81. The van der Waals surface area contributed by atoms with Crippen LogP contribution in [0.4, 0.5) is 4.39 Å². The van der Waals surface area contributed by atoms with Crippen molar-refractivity contribution in [1.82, 2.24) is 19.7 Å². The molecule has 23 heavy (non-hydrogen) atoms. The quantitative estimate of drug-likeness (QED) is 0.762. The topological polar surface area (TPSA) is 51.0 Å². The Morgan fingerprint density at radius 1 is 1.43 bits per heavy atom. The number of thioether (sulfide) groups is 1. The highest BCUT2D eigenvalue weighted by Gasteiger charge is 2.28. The smallest absolute Gasteiger partial charge is 0.233 e. The first-order chi connectivity index (χ1) is 11.0. The lowest BCUT2D eigenvalue weighted by Crippen LogP contribution is -2.28. The Balaban J connectivity index is 1.57. The van der Waals surface area contributed by atoms with Crippen molar-refractivity contribution in [3.05, 3.63) is 41.5 Å². The Hall–Kier alpha value is -1.89. The molecule has 1 amide bonds. The summed E-state index contributed by atoms with van der Waals surface area (Å²) < 4.78 is 15.3. The number of aromatic nitrogens is 3. The van der Waals surface area contributed by atoms with Crippen LogP contribution in [0.1, 0.15) is 30.3 Å². The van der Waals surface area contributed by atoms with Crippen LogP contribution in [0.2, 0.25) is 0 Å². The van der Waals surface area contributed by atoms with E-state index in [0.29, 0.717) is 18.3 Å². The molecule has 1 aromatic carbocycles. The molecule has 0 N–H and O–H groups in total. The van der Waals surface area contributed by atoms with Gasteiger partial charge in [0.2, 0.25) is 5.91 Å². The van der Waals surface area contributed by atoms with E-state index in [1.807, 2.05) is 13.0 Å². The van der Waals surface area contributed by atoms with Crippen molar-refractivity contribution in [3.8, 4) is 0 Å². The summed E-state index contributed by atoms with van der Waals surface area (Å²) in [5, 5.41) is 9.07. The fourth-order valence-electron chi connectivity index (χ4n) is 2.44. The van der Waals surface area contributed by atoms with Gasteiger partial charge in [0.1, 0.15) is 11.6 Å². The SMILES string of the molecule is Cc1nnc(SCC(=O)N(C)Cc2cccc(F)c2)n1C1CC1. The normalized spacial score (nSPS) is 14.0. The minimum Gasteiger partial charge on any atom is -0.341 e. The average molecular weight is 334 g/mol. The number of amides is 1. The van der Waals surface area contributed by atoms with Crippen molar-refractivity contribution in [2.75, 3.05) is 12.8 Å². The molecule has 1 aromatic heterocycles. The maximum Gasteiger partial charge on any atom is 0.233 e. The van der Waals surface area contributed by atoms with E-state index in [-0.39, 0.29) is 11.7 Å². The number of aryl methyl sites for hydroxylation is 1. The highest BCUT2D eigenvalue weighted by atomic mass is 32.2. The summed E-state index contributed by atoms with van der Waals surface area (Å²) in [7, 11) is 1.73. The fourth-order valence-corrected chi connectivity index (χ4v) is 3.43. The zero-order chi connectivity index (χ0) is 16.4. The highest BCUT2D eigenvalue weighted by Crippen LogP contribution is 2.38. The molecule has 7 heteroatoms. The molecular weight excluding hydrogens is 315 g/mol. The molecule has 1 aliphatic rings. The molecule has 0 saturated heterocycles. The molecular formula is C16H19FN4OS. The Morgan fingerprint density at radius 3 is 2.91 bits per heavy atom. The van der Waals surface area contributed by atoms with Crippen molar-refractivity contribution >= 4 is 17.7 Å². The number of nitrogens with zero attached hydrogens (tertiary/aromatic N) is 4. The molecule has 1 saturated carbocycles. The van der Waals surface area contributed by atoms with E-state index in [1.54, 1.807) is 18.0 Å². The fraction of sp³-hybridized carbons (Fsp3) is 0.438. The number of rotatable bonds is 6. The van der Waals surface area contributed by atoms with Crippen LogP contribution in [-0.2, 0) is 11.3 Å². The van der Waals surface area contributed by atoms with Crippen molar-refractivity contribution in [2.45, 2.75) is 37.5 Å². The molecule has 5 nitrogen and oxygen atoms in total. The van der Waals surface area contributed by atoms with E-state index in [0.717, 1.165) is 29.4 Å². The standard InChI is InChI=1S/C16H19FN4OS/c1-11-18-19-16(21(11)14-6-7-14)23-10-15(22)20(2)9-12-4-3-5-13(17)8-12/h3-5,8,14H,6-7,9-10H2,1-2H3. The summed E-state index contributed by atoms with van der Waals surface area (Å²) in [5.41, 5.74) is 0.780. The van der Waals surface area contributed by atoms with Crippen LogP contribution in [0, 0.1) is 12.7 Å². The van der Waals surface area contributed by atoms with Crippen LogP contribution in [0.3, 0.4) is 0 Å². The summed E-state index contributed by atoms with van der Waals surface area (Å²) in [6.07, 6.45) is 2.31. The Labute approximate surface area is 138 Å².